The number of halogens is 1. The molecule has 0 aliphatic heterocycles. The minimum absolute atomic E-state index is 0.0278. The summed E-state index contributed by atoms with van der Waals surface area (Å²) >= 11 is 0. The third-order valence-corrected chi connectivity index (χ3v) is 2.86. The third kappa shape index (κ3) is 2.72. The molecule has 0 heterocycles. The van der Waals surface area contributed by atoms with E-state index >= 15 is 0 Å². The highest BCUT2D eigenvalue weighted by atomic mass is 32.2. The first-order chi connectivity index (χ1) is 6.86. The zero-order valence-electron chi connectivity index (χ0n) is 7.72. The molecule has 0 radical (unpaired) electrons. The predicted molar refractivity (Wildman–Crippen MR) is 51.8 cm³/mol. The lowest BCUT2D eigenvalue weighted by atomic mass is 10.1. The predicted octanol–water partition coefficient (Wildman–Crippen LogP) is -0.535. The Morgan fingerprint density at radius 3 is 2.53 bits per heavy atom. The fourth-order valence-corrected chi connectivity index (χ4v) is 1.96. The first-order valence-electron chi connectivity index (χ1n) is 4.05. The molecule has 0 aliphatic rings. The maximum Gasteiger partial charge on any atom is 0.238 e. The van der Waals surface area contributed by atoms with Crippen LogP contribution < -0.4 is 10.9 Å². The molecule has 0 amide bonds. The van der Waals surface area contributed by atoms with Gasteiger partial charge in [-0.15, -0.1) is 0 Å². The third-order valence-electron chi connectivity index (χ3n) is 1.87. The lowest BCUT2D eigenvalue weighted by Gasteiger charge is -2.12. The van der Waals surface area contributed by atoms with E-state index in [-0.39, 0.29) is 10.5 Å². The summed E-state index contributed by atoms with van der Waals surface area (Å²) in [5.41, 5.74) is 5.40. The van der Waals surface area contributed by atoms with Gasteiger partial charge < -0.3 is 10.8 Å². The molecule has 0 saturated carbocycles. The van der Waals surface area contributed by atoms with Gasteiger partial charge in [-0.1, -0.05) is 0 Å². The molecule has 84 valence electrons. The van der Waals surface area contributed by atoms with E-state index in [2.05, 4.69) is 0 Å². The molecule has 0 aliphatic carbocycles. The van der Waals surface area contributed by atoms with Crippen LogP contribution in [0.5, 0.6) is 0 Å². The molecule has 1 atom stereocenters. The smallest absolute Gasteiger partial charge is 0.238 e. The molecular formula is C8H11FN2O3S. The zero-order chi connectivity index (χ0) is 11.6. The number of aliphatic hydroxyl groups is 1. The molecule has 5 N–H and O–H groups in total. The van der Waals surface area contributed by atoms with E-state index in [1.54, 1.807) is 0 Å². The van der Waals surface area contributed by atoms with E-state index in [0.717, 1.165) is 18.2 Å². The fraction of sp³-hybridized carbons (Fsp3) is 0.250. The summed E-state index contributed by atoms with van der Waals surface area (Å²) in [6, 6.07) is 1.96. The van der Waals surface area contributed by atoms with E-state index < -0.39 is 28.5 Å². The van der Waals surface area contributed by atoms with Crippen LogP contribution in [0.25, 0.3) is 0 Å². The molecule has 0 saturated heterocycles. The number of sulfonamides is 1. The van der Waals surface area contributed by atoms with Gasteiger partial charge in [-0.2, -0.15) is 0 Å². The fourth-order valence-electron chi connectivity index (χ4n) is 1.17. The largest absolute Gasteiger partial charge is 0.394 e. The molecule has 1 aromatic rings. The number of nitrogens with two attached hydrogens (primary N) is 2. The van der Waals surface area contributed by atoms with Crippen molar-refractivity contribution >= 4 is 10.0 Å². The van der Waals surface area contributed by atoms with Crippen molar-refractivity contribution in [3.63, 3.8) is 0 Å². The van der Waals surface area contributed by atoms with Gasteiger partial charge in [0, 0.05) is 0 Å². The van der Waals surface area contributed by atoms with E-state index in [4.69, 9.17) is 16.0 Å². The average Bonchev–Trinajstić information content (AvgIpc) is 2.14. The molecule has 7 heteroatoms. The maximum absolute atomic E-state index is 12.9. The Kier molecular flexibility index (Phi) is 3.40. The van der Waals surface area contributed by atoms with Crippen molar-refractivity contribution in [1.82, 2.24) is 0 Å². The standard InChI is InChI=1S/C8H11FN2O3S/c9-5-1-2-8(15(11,13)14)6(3-5)7(10)4-12/h1-3,7,12H,4,10H2,(H2,11,13,14)/t7-/m0/s1. The molecular weight excluding hydrogens is 223 g/mol. The Labute approximate surface area is 86.6 Å². The van der Waals surface area contributed by atoms with Gasteiger partial charge in [-0.05, 0) is 23.8 Å². The molecule has 5 nitrogen and oxygen atoms in total. The van der Waals surface area contributed by atoms with E-state index in [1.807, 2.05) is 0 Å². The normalized spacial score (nSPS) is 13.9. The van der Waals surface area contributed by atoms with Gasteiger partial charge >= 0.3 is 0 Å². The molecule has 0 fully saturated rings. The molecule has 1 rings (SSSR count). The second-order valence-electron chi connectivity index (χ2n) is 3.02. The average molecular weight is 234 g/mol. The topological polar surface area (TPSA) is 106 Å². The van der Waals surface area contributed by atoms with Gasteiger partial charge in [0.25, 0.3) is 0 Å². The van der Waals surface area contributed by atoms with Crippen molar-refractivity contribution in [2.45, 2.75) is 10.9 Å². The number of hydrogen-bond donors (Lipinski definition) is 3. The van der Waals surface area contributed by atoms with Crippen LogP contribution in [0.15, 0.2) is 23.1 Å². The van der Waals surface area contributed by atoms with Gasteiger partial charge in [0.2, 0.25) is 10.0 Å². The highest BCUT2D eigenvalue weighted by Gasteiger charge is 2.18. The van der Waals surface area contributed by atoms with E-state index in [1.165, 1.54) is 0 Å². The first-order valence-corrected chi connectivity index (χ1v) is 5.59. The van der Waals surface area contributed by atoms with E-state index in [9.17, 15) is 12.8 Å². The number of benzene rings is 1. The van der Waals surface area contributed by atoms with Gasteiger partial charge in [0.15, 0.2) is 0 Å². The van der Waals surface area contributed by atoms with Crippen LogP contribution >= 0.6 is 0 Å². The summed E-state index contributed by atoms with van der Waals surface area (Å²) in [4.78, 5) is -0.273. The summed E-state index contributed by atoms with van der Waals surface area (Å²) in [5.74, 6) is -0.638. The van der Waals surface area contributed by atoms with Crippen LogP contribution in [0.3, 0.4) is 0 Å². The minimum Gasteiger partial charge on any atom is -0.394 e. The maximum atomic E-state index is 12.9. The summed E-state index contributed by atoms with van der Waals surface area (Å²) in [6.45, 7) is -0.494. The van der Waals surface area contributed by atoms with Crippen LogP contribution in [0.2, 0.25) is 0 Å². The van der Waals surface area contributed by atoms with E-state index in [0.29, 0.717) is 0 Å². The van der Waals surface area contributed by atoms with Crippen molar-refractivity contribution in [2.75, 3.05) is 6.61 Å². The second-order valence-corrected chi connectivity index (χ2v) is 4.55. The lowest BCUT2D eigenvalue weighted by molar-refractivity contribution is 0.266. The quantitative estimate of drug-likeness (QED) is 0.653. The van der Waals surface area contributed by atoms with Crippen LogP contribution in [-0.4, -0.2) is 20.1 Å². The number of aliphatic hydroxyl groups excluding tert-OH is 1. The monoisotopic (exact) mass is 234 g/mol. The Bertz CT molecular complexity index is 461. The summed E-state index contributed by atoms with van der Waals surface area (Å²) < 4.78 is 35.1. The van der Waals surface area contributed by atoms with Crippen LogP contribution in [0, 0.1) is 5.82 Å². The minimum atomic E-state index is -3.96. The van der Waals surface area contributed by atoms with Gasteiger partial charge in [0.1, 0.15) is 5.82 Å². The molecule has 0 aromatic heterocycles. The lowest BCUT2D eigenvalue weighted by Crippen LogP contribution is -2.21. The van der Waals surface area contributed by atoms with Crippen LogP contribution in [0.4, 0.5) is 4.39 Å². The Hall–Kier alpha value is -1.02. The van der Waals surface area contributed by atoms with Crippen molar-refractivity contribution < 1.29 is 17.9 Å². The van der Waals surface area contributed by atoms with Gasteiger partial charge in [-0.3, -0.25) is 0 Å². The molecule has 0 bridgehead atoms. The van der Waals surface area contributed by atoms with Crippen molar-refractivity contribution in [3.05, 3.63) is 29.6 Å². The number of rotatable bonds is 3. The zero-order valence-corrected chi connectivity index (χ0v) is 8.54. The molecule has 0 spiro atoms. The van der Waals surface area contributed by atoms with Gasteiger partial charge in [-0.25, -0.2) is 17.9 Å². The van der Waals surface area contributed by atoms with Crippen molar-refractivity contribution in [3.8, 4) is 0 Å². The first kappa shape index (κ1) is 12.1. The Morgan fingerprint density at radius 2 is 2.07 bits per heavy atom. The Balaban J connectivity index is 3.40. The molecule has 1 aromatic carbocycles. The summed E-state index contributed by atoms with van der Waals surface area (Å²) in [6.07, 6.45) is 0. The summed E-state index contributed by atoms with van der Waals surface area (Å²) in [5, 5.41) is 13.7. The second kappa shape index (κ2) is 4.23. The molecule has 15 heavy (non-hydrogen) atoms. The van der Waals surface area contributed by atoms with Crippen LogP contribution in [0.1, 0.15) is 11.6 Å². The number of primary sulfonamides is 1. The Morgan fingerprint density at radius 1 is 1.47 bits per heavy atom. The van der Waals surface area contributed by atoms with Crippen LogP contribution in [-0.2, 0) is 10.0 Å². The number of hydrogen-bond acceptors (Lipinski definition) is 4. The van der Waals surface area contributed by atoms with Crippen molar-refractivity contribution in [1.29, 1.82) is 0 Å². The molecule has 0 unspecified atom stereocenters. The SMILES string of the molecule is N[C@@H](CO)c1cc(F)ccc1S(N)(=O)=O. The highest BCUT2D eigenvalue weighted by Crippen LogP contribution is 2.20. The van der Waals surface area contributed by atoms with Crippen molar-refractivity contribution in [2.24, 2.45) is 10.9 Å². The summed E-state index contributed by atoms with van der Waals surface area (Å²) in [7, 11) is -3.96. The van der Waals surface area contributed by atoms with Gasteiger partial charge in [0.05, 0.1) is 17.5 Å². The highest BCUT2D eigenvalue weighted by molar-refractivity contribution is 7.89.